The molecule has 8 heteroatoms. The molecule has 1 N–H and O–H groups in total. The van der Waals surface area contributed by atoms with Crippen molar-refractivity contribution in [2.75, 3.05) is 19.7 Å². The van der Waals surface area contributed by atoms with Crippen LogP contribution in [0.3, 0.4) is 0 Å². The zero-order chi connectivity index (χ0) is 20.8. The third-order valence-corrected chi connectivity index (χ3v) is 4.79. The van der Waals surface area contributed by atoms with Crippen molar-refractivity contribution in [1.29, 1.82) is 0 Å². The van der Waals surface area contributed by atoms with E-state index in [0.29, 0.717) is 37.0 Å². The lowest BCUT2D eigenvalue weighted by atomic mass is 10.2. The van der Waals surface area contributed by atoms with Gasteiger partial charge in [-0.25, -0.2) is 0 Å². The zero-order valence-corrected chi connectivity index (χ0v) is 16.8. The van der Waals surface area contributed by atoms with Crippen LogP contribution in [0.5, 0.6) is 11.5 Å². The monoisotopic (exact) mass is 408 g/mol. The molecule has 0 bridgehead atoms. The minimum atomic E-state index is -0.174. The fraction of sp³-hybridized carbons (Fsp3) is 0.318. The van der Waals surface area contributed by atoms with E-state index in [-0.39, 0.29) is 18.6 Å². The van der Waals surface area contributed by atoms with Crippen molar-refractivity contribution in [3.8, 4) is 11.5 Å². The molecule has 3 aromatic rings. The van der Waals surface area contributed by atoms with E-state index in [1.807, 2.05) is 42.5 Å². The Kier molecular flexibility index (Phi) is 6.24. The first-order valence-electron chi connectivity index (χ1n) is 9.97. The summed E-state index contributed by atoms with van der Waals surface area (Å²) in [5.41, 5.74) is 0.592. The number of nitrogens with zero attached hydrogens (tertiary/aromatic N) is 3. The van der Waals surface area contributed by atoms with Crippen molar-refractivity contribution >= 4 is 5.91 Å². The molecule has 30 heavy (non-hydrogen) atoms. The predicted octanol–water partition coefficient (Wildman–Crippen LogP) is 2.66. The Morgan fingerprint density at radius 2 is 1.90 bits per heavy atom. The van der Waals surface area contributed by atoms with Gasteiger partial charge in [-0.2, -0.15) is 4.98 Å². The van der Waals surface area contributed by atoms with Crippen molar-refractivity contribution < 1.29 is 18.8 Å². The highest BCUT2D eigenvalue weighted by Gasteiger charge is 2.23. The number of carbonyl (C=O) groups is 1. The second-order valence-corrected chi connectivity index (χ2v) is 6.98. The molecule has 1 aliphatic heterocycles. The van der Waals surface area contributed by atoms with Gasteiger partial charge in [-0.15, -0.1) is 0 Å². The van der Waals surface area contributed by atoms with Crippen molar-refractivity contribution in [2.24, 2.45) is 0 Å². The Balaban J connectivity index is 1.28. The van der Waals surface area contributed by atoms with Gasteiger partial charge in [-0.1, -0.05) is 42.4 Å². The van der Waals surface area contributed by atoms with Crippen LogP contribution in [-0.2, 0) is 13.1 Å². The van der Waals surface area contributed by atoms with Gasteiger partial charge in [0.15, 0.2) is 17.3 Å². The normalized spacial score (nSPS) is 15.2. The highest BCUT2D eigenvalue weighted by molar-refractivity contribution is 5.93. The summed E-state index contributed by atoms with van der Waals surface area (Å²) in [7, 11) is 0. The van der Waals surface area contributed by atoms with E-state index in [4.69, 9.17) is 14.0 Å². The van der Waals surface area contributed by atoms with Gasteiger partial charge in [0.25, 0.3) is 5.91 Å². The number of aromatic nitrogens is 2. The molecule has 0 aliphatic carbocycles. The van der Waals surface area contributed by atoms with E-state index in [0.717, 1.165) is 18.0 Å². The molecule has 1 aliphatic rings. The molecule has 0 saturated heterocycles. The first-order chi connectivity index (χ1) is 14.7. The quantitative estimate of drug-likeness (QED) is 0.613. The van der Waals surface area contributed by atoms with Gasteiger partial charge in [0.05, 0.1) is 13.1 Å². The maximum atomic E-state index is 12.1. The number of nitrogens with one attached hydrogen (secondary N) is 1. The fourth-order valence-corrected chi connectivity index (χ4v) is 3.21. The summed E-state index contributed by atoms with van der Waals surface area (Å²) in [6.45, 7) is 4.73. The molecule has 0 spiro atoms. The molecule has 1 aromatic heterocycles. The molecule has 0 fully saturated rings. The highest BCUT2D eigenvalue weighted by atomic mass is 16.6. The van der Waals surface area contributed by atoms with Crippen LogP contribution in [0.4, 0.5) is 0 Å². The Morgan fingerprint density at radius 1 is 1.13 bits per heavy atom. The Hall–Kier alpha value is -3.39. The molecule has 4 rings (SSSR count). The predicted molar refractivity (Wildman–Crippen MR) is 109 cm³/mol. The molecule has 1 amide bonds. The topological polar surface area (TPSA) is 89.7 Å². The van der Waals surface area contributed by atoms with Crippen LogP contribution in [0.25, 0.3) is 0 Å². The van der Waals surface area contributed by atoms with Crippen LogP contribution < -0.4 is 14.8 Å². The van der Waals surface area contributed by atoms with Crippen LogP contribution in [0.2, 0.25) is 0 Å². The first kappa shape index (κ1) is 19.9. The van der Waals surface area contributed by atoms with E-state index in [1.54, 1.807) is 12.1 Å². The summed E-state index contributed by atoms with van der Waals surface area (Å²) in [5, 5.41) is 6.76. The number of carbonyl (C=O) groups excluding carboxylic acids is 1. The highest BCUT2D eigenvalue weighted by Crippen LogP contribution is 2.31. The van der Waals surface area contributed by atoms with Gasteiger partial charge in [0.1, 0.15) is 12.7 Å². The SMILES string of the molecule is CCN(Cc1nc(CNC(=O)c2ccccc2)no1)CC1COc2ccccc2O1. The van der Waals surface area contributed by atoms with Crippen LogP contribution >= 0.6 is 0 Å². The number of ether oxygens (including phenoxy) is 2. The lowest BCUT2D eigenvalue weighted by Gasteiger charge is -2.30. The van der Waals surface area contributed by atoms with Crippen molar-refractivity contribution in [1.82, 2.24) is 20.4 Å². The van der Waals surface area contributed by atoms with Gasteiger partial charge >= 0.3 is 0 Å². The second kappa shape index (κ2) is 9.41. The Morgan fingerprint density at radius 3 is 2.70 bits per heavy atom. The maximum absolute atomic E-state index is 12.1. The van der Waals surface area contributed by atoms with Gasteiger partial charge < -0.3 is 19.3 Å². The van der Waals surface area contributed by atoms with Crippen LogP contribution in [0, 0.1) is 0 Å². The number of hydrogen-bond acceptors (Lipinski definition) is 7. The summed E-state index contributed by atoms with van der Waals surface area (Å²) < 4.78 is 17.2. The van der Waals surface area contributed by atoms with Gasteiger partial charge in [-0.05, 0) is 30.8 Å². The average Bonchev–Trinajstić information content (AvgIpc) is 3.24. The number of hydrogen-bond donors (Lipinski definition) is 1. The Labute approximate surface area is 174 Å². The molecule has 8 nitrogen and oxygen atoms in total. The number of benzene rings is 2. The van der Waals surface area contributed by atoms with Gasteiger partial charge in [-0.3, -0.25) is 9.69 Å². The average molecular weight is 408 g/mol. The third kappa shape index (κ3) is 4.96. The summed E-state index contributed by atoms with van der Waals surface area (Å²) >= 11 is 0. The standard InChI is InChI=1S/C22H24N4O4/c1-2-26(13-17-15-28-18-10-6-7-11-19(18)29-17)14-21-24-20(25-30-21)12-23-22(27)16-8-4-3-5-9-16/h3-11,17H,2,12-15H2,1H3,(H,23,27). The first-order valence-corrected chi connectivity index (χ1v) is 9.97. The van der Waals surface area contributed by atoms with E-state index in [9.17, 15) is 4.79 Å². The molecule has 1 unspecified atom stereocenters. The van der Waals surface area contributed by atoms with E-state index >= 15 is 0 Å². The summed E-state index contributed by atoms with van der Waals surface area (Å²) in [5.74, 6) is 2.30. The van der Waals surface area contributed by atoms with E-state index < -0.39 is 0 Å². The van der Waals surface area contributed by atoms with Crippen LogP contribution in [0.1, 0.15) is 29.0 Å². The lowest BCUT2D eigenvalue weighted by molar-refractivity contribution is 0.0551. The molecule has 2 heterocycles. The van der Waals surface area contributed by atoms with Gasteiger partial charge in [0, 0.05) is 12.1 Å². The maximum Gasteiger partial charge on any atom is 0.251 e. The minimum absolute atomic E-state index is 0.0765. The van der Waals surface area contributed by atoms with Crippen molar-refractivity contribution in [3.05, 3.63) is 71.9 Å². The molecule has 0 radical (unpaired) electrons. The molecule has 0 saturated carbocycles. The lowest BCUT2D eigenvalue weighted by Crippen LogP contribution is -2.40. The summed E-state index contributed by atoms with van der Waals surface area (Å²) in [4.78, 5) is 18.7. The number of likely N-dealkylation sites (N-methyl/N-ethyl adjacent to an activating group) is 1. The second-order valence-electron chi connectivity index (χ2n) is 6.98. The molecule has 2 aromatic carbocycles. The molecule has 156 valence electrons. The van der Waals surface area contributed by atoms with E-state index in [2.05, 4.69) is 27.3 Å². The smallest absolute Gasteiger partial charge is 0.251 e. The molecular formula is C22H24N4O4. The zero-order valence-electron chi connectivity index (χ0n) is 16.8. The number of para-hydroxylation sites is 2. The largest absolute Gasteiger partial charge is 0.486 e. The third-order valence-electron chi connectivity index (χ3n) is 4.79. The van der Waals surface area contributed by atoms with Gasteiger partial charge in [0.2, 0.25) is 5.89 Å². The van der Waals surface area contributed by atoms with Crippen molar-refractivity contribution in [2.45, 2.75) is 26.1 Å². The number of rotatable bonds is 8. The summed E-state index contributed by atoms with van der Waals surface area (Å²) in [6, 6.07) is 16.7. The van der Waals surface area contributed by atoms with E-state index in [1.165, 1.54) is 0 Å². The van der Waals surface area contributed by atoms with Crippen LogP contribution in [-0.4, -0.2) is 46.7 Å². The molecular weight excluding hydrogens is 384 g/mol. The van der Waals surface area contributed by atoms with Crippen molar-refractivity contribution in [3.63, 3.8) is 0 Å². The number of fused-ring (bicyclic) bond motifs is 1. The summed E-state index contributed by atoms with van der Waals surface area (Å²) in [6.07, 6.45) is -0.0765. The minimum Gasteiger partial charge on any atom is -0.486 e. The Bertz CT molecular complexity index is 976. The molecule has 1 atom stereocenters. The number of amides is 1. The fourth-order valence-electron chi connectivity index (χ4n) is 3.21. The van der Waals surface area contributed by atoms with Crippen LogP contribution in [0.15, 0.2) is 59.1 Å².